The smallest absolute Gasteiger partial charge is 0.257 e. The van der Waals surface area contributed by atoms with Crippen LogP contribution in [-0.4, -0.2) is 30.0 Å². The number of hydrogen-bond acceptors (Lipinski definition) is 7. The fourth-order valence-corrected chi connectivity index (χ4v) is 5.42. The first-order valence-corrected chi connectivity index (χ1v) is 12.1. The lowest BCUT2D eigenvalue weighted by molar-refractivity contribution is -0.116. The number of benzene rings is 2. The first kappa shape index (κ1) is 22.3. The Hall–Kier alpha value is -3.52. The summed E-state index contributed by atoms with van der Waals surface area (Å²) in [5.74, 6) is 1.86. The highest BCUT2D eigenvalue weighted by Gasteiger charge is 2.38. The number of hydrogen-bond donors (Lipinski definition) is 2. The molecule has 2 aromatic carbocycles. The lowest BCUT2D eigenvalue weighted by atomic mass is 9.76. The average molecular weight is 476 g/mol. The van der Waals surface area contributed by atoms with Gasteiger partial charge in [0.1, 0.15) is 5.82 Å². The van der Waals surface area contributed by atoms with Crippen molar-refractivity contribution in [2.75, 3.05) is 19.5 Å². The molecule has 174 valence electrons. The molecule has 1 aromatic heterocycles. The largest absolute Gasteiger partial charge is 0.493 e. The number of anilines is 1. The predicted molar refractivity (Wildman–Crippen MR) is 132 cm³/mol. The fraction of sp³-hybridized carbons (Fsp3) is 0.269. The van der Waals surface area contributed by atoms with Crippen LogP contribution in [-0.2, 0) is 10.5 Å². The van der Waals surface area contributed by atoms with Crippen LogP contribution in [0, 0.1) is 0 Å². The summed E-state index contributed by atoms with van der Waals surface area (Å²) in [5.41, 5.74) is 3.62. The standard InChI is InChI=1S/C26H25N3O4S/c1-32-19-12-11-16(13-20(19)33-2)21-22-17(9-6-10-18(22)30)27-24-23(21)25(31)29-26(28-24)34-14-15-7-4-3-5-8-15/h3-5,7-8,11-13,21H,6,9-10,14H2,1-2H3,(H2,27,28,29,31). The van der Waals surface area contributed by atoms with Crippen LogP contribution in [0.5, 0.6) is 11.5 Å². The number of aromatic nitrogens is 2. The van der Waals surface area contributed by atoms with E-state index in [4.69, 9.17) is 14.5 Å². The Kier molecular flexibility index (Phi) is 6.15. The molecule has 1 unspecified atom stereocenters. The van der Waals surface area contributed by atoms with Crippen LogP contribution in [0.4, 0.5) is 5.82 Å². The van der Waals surface area contributed by atoms with Gasteiger partial charge in [-0.05, 0) is 36.1 Å². The number of nitrogens with one attached hydrogen (secondary N) is 2. The highest BCUT2D eigenvalue weighted by molar-refractivity contribution is 7.98. The van der Waals surface area contributed by atoms with Gasteiger partial charge in [0.15, 0.2) is 22.4 Å². The Morgan fingerprint density at radius 3 is 2.59 bits per heavy atom. The number of allylic oxidation sites excluding steroid dienone is 2. The maximum atomic E-state index is 13.4. The van der Waals surface area contributed by atoms with E-state index in [1.807, 2.05) is 42.5 Å². The van der Waals surface area contributed by atoms with Gasteiger partial charge in [-0.25, -0.2) is 4.98 Å². The maximum absolute atomic E-state index is 13.4. The number of fused-ring (bicyclic) bond motifs is 1. The zero-order valence-corrected chi connectivity index (χ0v) is 19.8. The van der Waals surface area contributed by atoms with Crippen LogP contribution in [0.25, 0.3) is 0 Å². The normalized spacial score (nSPS) is 17.0. The number of nitrogens with zero attached hydrogens (tertiary/aromatic N) is 1. The molecule has 0 spiro atoms. The number of thioether (sulfide) groups is 1. The third kappa shape index (κ3) is 4.09. The lowest BCUT2D eigenvalue weighted by Gasteiger charge is -2.33. The van der Waals surface area contributed by atoms with E-state index in [1.165, 1.54) is 11.8 Å². The molecule has 0 saturated heterocycles. The SMILES string of the molecule is COc1ccc(C2C3=C(CCCC3=O)Nc3nc(SCc4ccccc4)[nH]c(=O)c32)cc1OC. The number of ketones is 1. The second-order valence-electron chi connectivity index (χ2n) is 8.25. The zero-order valence-electron chi connectivity index (χ0n) is 19.0. The van der Waals surface area contributed by atoms with Crippen LogP contribution in [0.2, 0.25) is 0 Å². The quantitative estimate of drug-likeness (QED) is 0.396. The Bertz CT molecular complexity index is 1330. The van der Waals surface area contributed by atoms with Gasteiger partial charge in [-0.3, -0.25) is 9.59 Å². The summed E-state index contributed by atoms with van der Waals surface area (Å²) in [6.07, 6.45) is 1.98. The first-order valence-electron chi connectivity index (χ1n) is 11.1. The van der Waals surface area contributed by atoms with E-state index in [0.29, 0.717) is 45.8 Å². The van der Waals surface area contributed by atoms with Crippen molar-refractivity contribution < 1.29 is 14.3 Å². The van der Waals surface area contributed by atoms with Crippen LogP contribution < -0.4 is 20.3 Å². The van der Waals surface area contributed by atoms with Crippen molar-refractivity contribution in [1.82, 2.24) is 9.97 Å². The fourth-order valence-electron chi connectivity index (χ4n) is 4.60. The molecule has 2 aliphatic rings. The summed E-state index contributed by atoms with van der Waals surface area (Å²) in [5, 5.41) is 3.86. The van der Waals surface area contributed by atoms with Gasteiger partial charge in [-0.1, -0.05) is 48.2 Å². The average Bonchev–Trinajstić information content (AvgIpc) is 2.86. The number of methoxy groups -OCH3 is 2. The van der Waals surface area contributed by atoms with Gasteiger partial charge >= 0.3 is 0 Å². The van der Waals surface area contributed by atoms with Crippen molar-refractivity contribution in [3.05, 3.63) is 86.8 Å². The van der Waals surface area contributed by atoms with Gasteiger partial charge in [0.25, 0.3) is 5.56 Å². The number of rotatable bonds is 6. The molecule has 7 nitrogen and oxygen atoms in total. The molecule has 0 fully saturated rings. The molecule has 1 atom stereocenters. The second-order valence-corrected chi connectivity index (χ2v) is 9.21. The van der Waals surface area contributed by atoms with E-state index < -0.39 is 5.92 Å². The van der Waals surface area contributed by atoms with Gasteiger partial charge in [-0.2, -0.15) is 0 Å². The summed E-state index contributed by atoms with van der Waals surface area (Å²) >= 11 is 1.47. The Morgan fingerprint density at radius 2 is 1.82 bits per heavy atom. The number of carbonyl (C=O) groups excluding carboxylic acids is 1. The molecule has 2 N–H and O–H groups in total. The molecular formula is C26H25N3O4S. The van der Waals surface area contributed by atoms with Crippen molar-refractivity contribution in [3.8, 4) is 11.5 Å². The van der Waals surface area contributed by atoms with Crippen molar-refractivity contribution in [2.24, 2.45) is 0 Å². The van der Waals surface area contributed by atoms with Gasteiger partial charge in [0.2, 0.25) is 0 Å². The third-order valence-electron chi connectivity index (χ3n) is 6.20. The van der Waals surface area contributed by atoms with Crippen LogP contribution in [0.15, 0.2) is 69.8 Å². The highest BCUT2D eigenvalue weighted by Crippen LogP contribution is 2.45. The molecule has 5 rings (SSSR count). The summed E-state index contributed by atoms with van der Waals surface area (Å²) in [4.78, 5) is 34.1. The minimum absolute atomic E-state index is 0.0566. The van der Waals surface area contributed by atoms with Crippen molar-refractivity contribution in [2.45, 2.75) is 36.1 Å². The minimum Gasteiger partial charge on any atom is -0.493 e. The number of ether oxygens (including phenoxy) is 2. The lowest BCUT2D eigenvalue weighted by Crippen LogP contribution is -2.32. The molecule has 3 aromatic rings. The van der Waals surface area contributed by atoms with E-state index >= 15 is 0 Å². The molecule has 34 heavy (non-hydrogen) atoms. The second kappa shape index (κ2) is 9.38. The van der Waals surface area contributed by atoms with E-state index in [-0.39, 0.29) is 11.3 Å². The molecular weight excluding hydrogens is 450 g/mol. The summed E-state index contributed by atoms with van der Waals surface area (Å²) < 4.78 is 10.9. The molecule has 0 saturated carbocycles. The molecule has 0 amide bonds. The van der Waals surface area contributed by atoms with Crippen LogP contribution >= 0.6 is 11.8 Å². The zero-order chi connectivity index (χ0) is 23.7. The minimum atomic E-state index is -0.525. The molecule has 2 heterocycles. The monoisotopic (exact) mass is 475 g/mol. The van der Waals surface area contributed by atoms with Gasteiger partial charge in [0, 0.05) is 29.4 Å². The number of Topliss-reactive ketones (excluding diaryl/α,β-unsaturated/α-hetero) is 1. The summed E-state index contributed by atoms with van der Waals surface area (Å²) in [6.45, 7) is 0. The Labute approximate surface area is 201 Å². The molecule has 0 bridgehead atoms. The molecule has 1 aliphatic carbocycles. The number of H-pyrrole nitrogens is 1. The Balaban J connectivity index is 1.59. The first-order chi connectivity index (χ1) is 16.6. The van der Waals surface area contributed by atoms with E-state index in [0.717, 1.165) is 29.7 Å². The van der Waals surface area contributed by atoms with Gasteiger partial charge in [0.05, 0.1) is 19.8 Å². The Morgan fingerprint density at radius 1 is 1.03 bits per heavy atom. The maximum Gasteiger partial charge on any atom is 0.257 e. The number of aromatic amines is 1. The van der Waals surface area contributed by atoms with E-state index in [9.17, 15) is 9.59 Å². The predicted octanol–water partition coefficient (Wildman–Crippen LogP) is 4.64. The van der Waals surface area contributed by atoms with Crippen LogP contribution in [0.3, 0.4) is 0 Å². The third-order valence-corrected chi connectivity index (χ3v) is 7.14. The van der Waals surface area contributed by atoms with Crippen molar-refractivity contribution in [3.63, 3.8) is 0 Å². The van der Waals surface area contributed by atoms with Crippen molar-refractivity contribution in [1.29, 1.82) is 0 Å². The van der Waals surface area contributed by atoms with Gasteiger partial charge in [-0.15, -0.1) is 0 Å². The summed E-state index contributed by atoms with van der Waals surface area (Å²) in [6, 6.07) is 15.6. The molecule has 8 heteroatoms. The van der Waals surface area contributed by atoms with Crippen LogP contribution in [0.1, 0.15) is 41.9 Å². The molecule has 1 aliphatic heterocycles. The van der Waals surface area contributed by atoms with Gasteiger partial charge < -0.3 is 19.8 Å². The molecule has 0 radical (unpaired) electrons. The van der Waals surface area contributed by atoms with Crippen molar-refractivity contribution >= 4 is 23.4 Å². The number of carbonyl (C=O) groups is 1. The topological polar surface area (TPSA) is 93.3 Å². The van der Waals surface area contributed by atoms with E-state index in [2.05, 4.69) is 10.3 Å². The van der Waals surface area contributed by atoms with E-state index in [1.54, 1.807) is 20.3 Å². The highest BCUT2D eigenvalue weighted by atomic mass is 32.2. The summed E-state index contributed by atoms with van der Waals surface area (Å²) in [7, 11) is 3.14.